The number of rotatable bonds is 7. The van der Waals surface area contributed by atoms with Gasteiger partial charge in [-0.25, -0.2) is 0 Å². The fraction of sp³-hybridized carbons (Fsp3) is 0.727. The van der Waals surface area contributed by atoms with E-state index in [-0.39, 0.29) is 24.2 Å². The molecule has 0 spiro atoms. The van der Waals surface area contributed by atoms with Crippen molar-refractivity contribution in [2.75, 3.05) is 13.1 Å². The van der Waals surface area contributed by atoms with Crippen LogP contribution in [0.5, 0.6) is 0 Å². The quantitative estimate of drug-likeness (QED) is 0.267. The SMILES string of the molecule is CC.CC(=O)CNC(=O)C(N)CCCN=C(N)N. The van der Waals surface area contributed by atoms with Gasteiger partial charge in [-0.15, -0.1) is 0 Å². The van der Waals surface area contributed by atoms with E-state index < -0.39 is 6.04 Å². The van der Waals surface area contributed by atoms with Crippen LogP contribution in [0, 0.1) is 0 Å². The van der Waals surface area contributed by atoms with E-state index in [0.717, 1.165) is 0 Å². The fourth-order valence-corrected chi connectivity index (χ4v) is 0.993. The van der Waals surface area contributed by atoms with Crippen LogP contribution < -0.4 is 22.5 Å². The highest BCUT2D eigenvalue weighted by molar-refractivity contribution is 5.87. The summed E-state index contributed by atoms with van der Waals surface area (Å²) in [5.41, 5.74) is 15.8. The van der Waals surface area contributed by atoms with E-state index in [1.54, 1.807) is 0 Å². The van der Waals surface area contributed by atoms with Gasteiger partial charge < -0.3 is 22.5 Å². The number of hydrogen-bond acceptors (Lipinski definition) is 4. The molecule has 18 heavy (non-hydrogen) atoms. The van der Waals surface area contributed by atoms with Crippen LogP contribution in [0.15, 0.2) is 4.99 Å². The number of nitrogens with zero attached hydrogens (tertiary/aromatic N) is 1. The van der Waals surface area contributed by atoms with Crippen LogP contribution in [-0.4, -0.2) is 36.8 Å². The molecule has 0 aromatic carbocycles. The van der Waals surface area contributed by atoms with E-state index in [2.05, 4.69) is 10.3 Å². The number of ketones is 1. The molecule has 1 amide bonds. The average Bonchev–Trinajstić information content (AvgIpc) is 2.33. The number of hydrogen-bond donors (Lipinski definition) is 4. The van der Waals surface area contributed by atoms with E-state index >= 15 is 0 Å². The predicted molar refractivity (Wildman–Crippen MR) is 72.9 cm³/mol. The van der Waals surface area contributed by atoms with Crippen molar-refractivity contribution >= 4 is 17.6 Å². The molecular weight excluding hydrogens is 234 g/mol. The van der Waals surface area contributed by atoms with Crippen LogP contribution in [0.2, 0.25) is 0 Å². The summed E-state index contributed by atoms with van der Waals surface area (Å²) in [6, 6.07) is -0.631. The third kappa shape index (κ3) is 12.4. The normalized spacial score (nSPS) is 10.7. The first-order valence-corrected chi connectivity index (χ1v) is 6.01. The Morgan fingerprint density at radius 1 is 1.28 bits per heavy atom. The summed E-state index contributed by atoms with van der Waals surface area (Å²) in [5.74, 6) is -0.421. The lowest BCUT2D eigenvalue weighted by Gasteiger charge is -2.10. The van der Waals surface area contributed by atoms with Crippen LogP contribution in [-0.2, 0) is 9.59 Å². The molecule has 0 radical (unpaired) electrons. The van der Waals surface area contributed by atoms with Crippen molar-refractivity contribution in [3.63, 3.8) is 0 Å². The molecule has 7 nitrogen and oxygen atoms in total. The minimum Gasteiger partial charge on any atom is -0.370 e. The summed E-state index contributed by atoms with van der Waals surface area (Å²) in [4.78, 5) is 25.7. The summed E-state index contributed by atoms with van der Waals surface area (Å²) in [7, 11) is 0. The molecule has 0 aromatic heterocycles. The maximum atomic E-state index is 11.3. The zero-order valence-corrected chi connectivity index (χ0v) is 11.4. The van der Waals surface area contributed by atoms with Gasteiger partial charge >= 0.3 is 0 Å². The Bertz CT molecular complexity index is 275. The van der Waals surface area contributed by atoms with Gasteiger partial charge in [-0.3, -0.25) is 14.6 Å². The number of aliphatic imine (C=N–C) groups is 1. The van der Waals surface area contributed by atoms with E-state index in [1.807, 2.05) is 13.8 Å². The fourth-order valence-electron chi connectivity index (χ4n) is 0.993. The highest BCUT2D eigenvalue weighted by atomic mass is 16.2. The average molecular weight is 259 g/mol. The van der Waals surface area contributed by atoms with Gasteiger partial charge in [-0.2, -0.15) is 0 Å². The molecule has 0 heterocycles. The van der Waals surface area contributed by atoms with Crippen LogP contribution >= 0.6 is 0 Å². The maximum Gasteiger partial charge on any atom is 0.237 e. The molecule has 0 aromatic rings. The number of guanidine groups is 1. The lowest BCUT2D eigenvalue weighted by Crippen LogP contribution is -2.42. The Hall–Kier alpha value is -1.63. The molecule has 0 saturated heterocycles. The Morgan fingerprint density at radius 2 is 1.83 bits per heavy atom. The molecule has 7 heteroatoms. The number of carbonyl (C=O) groups excluding carboxylic acids is 2. The second-order valence-corrected chi connectivity index (χ2v) is 3.48. The molecule has 106 valence electrons. The lowest BCUT2D eigenvalue weighted by atomic mass is 10.1. The van der Waals surface area contributed by atoms with Gasteiger partial charge in [0.25, 0.3) is 0 Å². The second-order valence-electron chi connectivity index (χ2n) is 3.48. The summed E-state index contributed by atoms with van der Waals surface area (Å²) >= 11 is 0. The van der Waals surface area contributed by atoms with Crippen LogP contribution in [0.1, 0.15) is 33.6 Å². The van der Waals surface area contributed by atoms with Crippen molar-refractivity contribution in [2.45, 2.75) is 39.7 Å². The highest BCUT2D eigenvalue weighted by Gasteiger charge is 2.12. The van der Waals surface area contributed by atoms with Crippen LogP contribution in [0.3, 0.4) is 0 Å². The molecule has 0 saturated carbocycles. The van der Waals surface area contributed by atoms with E-state index in [1.165, 1.54) is 6.92 Å². The first-order chi connectivity index (χ1) is 8.43. The molecule has 1 unspecified atom stereocenters. The Morgan fingerprint density at radius 3 is 2.28 bits per heavy atom. The van der Waals surface area contributed by atoms with Gasteiger partial charge in [0.2, 0.25) is 5.91 Å². The smallest absolute Gasteiger partial charge is 0.237 e. The first-order valence-electron chi connectivity index (χ1n) is 6.01. The van der Waals surface area contributed by atoms with Crippen molar-refractivity contribution in [3.8, 4) is 0 Å². The minimum atomic E-state index is -0.631. The van der Waals surface area contributed by atoms with Crippen LogP contribution in [0.4, 0.5) is 0 Å². The van der Waals surface area contributed by atoms with E-state index in [0.29, 0.717) is 19.4 Å². The highest BCUT2D eigenvalue weighted by Crippen LogP contribution is 1.95. The van der Waals surface area contributed by atoms with Gasteiger partial charge in [-0.1, -0.05) is 13.8 Å². The number of Topliss-reactive ketones (excluding diaryl/α,β-unsaturated/α-hetero) is 1. The zero-order valence-electron chi connectivity index (χ0n) is 11.4. The molecule has 0 rings (SSSR count). The van der Waals surface area contributed by atoms with Gasteiger partial charge in [0.15, 0.2) is 5.96 Å². The number of amides is 1. The number of nitrogens with one attached hydrogen (secondary N) is 1. The molecule has 1 atom stereocenters. The zero-order chi connectivity index (χ0) is 14.6. The molecule has 0 aliphatic heterocycles. The summed E-state index contributed by atoms with van der Waals surface area (Å²) in [6.07, 6.45) is 1.09. The first kappa shape index (κ1) is 18.7. The molecule has 7 N–H and O–H groups in total. The van der Waals surface area contributed by atoms with Crippen molar-refractivity contribution < 1.29 is 9.59 Å². The van der Waals surface area contributed by atoms with Crippen molar-refractivity contribution in [1.29, 1.82) is 0 Å². The summed E-state index contributed by atoms with van der Waals surface area (Å²) in [6.45, 7) is 5.85. The lowest BCUT2D eigenvalue weighted by molar-refractivity contribution is -0.125. The third-order valence-corrected chi connectivity index (χ3v) is 1.82. The summed E-state index contributed by atoms with van der Waals surface area (Å²) in [5, 5.41) is 2.43. The number of carbonyl (C=O) groups is 2. The molecular formula is C11H25N5O2. The van der Waals surface area contributed by atoms with Gasteiger partial charge in [0.1, 0.15) is 5.78 Å². The number of nitrogens with two attached hydrogens (primary N) is 3. The monoisotopic (exact) mass is 259 g/mol. The van der Waals surface area contributed by atoms with Gasteiger partial charge in [0, 0.05) is 6.54 Å². The molecule has 0 bridgehead atoms. The maximum absolute atomic E-state index is 11.3. The Kier molecular flexibility index (Phi) is 12.3. The van der Waals surface area contributed by atoms with Crippen molar-refractivity contribution in [2.24, 2.45) is 22.2 Å². The predicted octanol–water partition coefficient (Wildman–Crippen LogP) is -0.901. The molecule has 0 aliphatic carbocycles. The molecule has 0 fully saturated rings. The van der Waals surface area contributed by atoms with Crippen molar-refractivity contribution in [1.82, 2.24) is 5.32 Å². The standard InChI is InChI=1S/C9H19N5O2.C2H6/c1-6(15)5-14-8(16)7(10)3-2-4-13-9(11)12;1-2/h7H,2-5,10H2,1H3,(H,14,16)(H4,11,12,13);1-2H3. The molecule has 0 aliphatic rings. The largest absolute Gasteiger partial charge is 0.370 e. The van der Waals surface area contributed by atoms with Gasteiger partial charge in [-0.05, 0) is 19.8 Å². The third-order valence-electron chi connectivity index (χ3n) is 1.82. The van der Waals surface area contributed by atoms with E-state index in [9.17, 15) is 9.59 Å². The minimum absolute atomic E-state index is 0.0143. The topological polar surface area (TPSA) is 137 Å². The van der Waals surface area contributed by atoms with E-state index in [4.69, 9.17) is 17.2 Å². The van der Waals surface area contributed by atoms with Crippen molar-refractivity contribution in [3.05, 3.63) is 0 Å². The summed E-state index contributed by atoms with van der Waals surface area (Å²) < 4.78 is 0. The second kappa shape index (κ2) is 11.8. The Labute approximate surface area is 108 Å². The van der Waals surface area contributed by atoms with Gasteiger partial charge in [0.05, 0.1) is 12.6 Å². The van der Waals surface area contributed by atoms with Crippen LogP contribution in [0.25, 0.3) is 0 Å². The Balaban J connectivity index is 0.